The van der Waals surface area contributed by atoms with Crippen molar-refractivity contribution in [3.8, 4) is 0 Å². The molecule has 0 atom stereocenters. The van der Waals surface area contributed by atoms with Gasteiger partial charge in [-0.05, 0) is 35.9 Å². The number of aromatic amines is 1. The van der Waals surface area contributed by atoms with Gasteiger partial charge in [0.05, 0.1) is 10.6 Å². The molecule has 0 saturated carbocycles. The number of hydrogen-bond acceptors (Lipinski definition) is 1. The maximum atomic E-state index is 12.7. The highest BCUT2D eigenvalue weighted by molar-refractivity contribution is 6.31. The normalized spacial score (nSPS) is 11.8. The van der Waals surface area contributed by atoms with Crippen molar-refractivity contribution in [2.45, 2.75) is 12.7 Å². The molecule has 0 radical (unpaired) electrons. The molecule has 0 spiro atoms. The van der Waals surface area contributed by atoms with Gasteiger partial charge >= 0.3 is 6.18 Å². The lowest BCUT2D eigenvalue weighted by atomic mass is 10.1. The van der Waals surface area contributed by atoms with Gasteiger partial charge in [0, 0.05) is 29.3 Å². The van der Waals surface area contributed by atoms with Gasteiger partial charge in [0.2, 0.25) is 0 Å². The molecule has 22 heavy (non-hydrogen) atoms. The summed E-state index contributed by atoms with van der Waals surface area (Å²) < 4.78 is 38.0. The topological polar surface area (TPSA) is 27.8 Å². The Morgan fingerprint density at radius 3 is 2.64 bits per heavy atom. The van der Waals surface area contributed by atoms with Crippen LogP contribution >= 0.6 is 11.6 Å². The Morgan fingerprint density at radius 1 is 1.09 bits per heavy atom. The Morgan fingerprint density at radius 2 is 1.91 bits per heavy atom. The predicted octanol–water partition coefficient (Wildman–Crippen LogP) is 5.45. The van der Waals surface area contributed by atoms with Gasteiger partial charge in [0.25, 0.3) is 0 Å². The number of rotatable bonds is 3. The second-order valence-electron chi connectivity index (χ2n) is 4.90. The second-order valence-corrected chi connectivity index (χ2v) is 5.31. The van der Waals surface area contributed by atoms with E-state index in [1.807, 2.05) is 30.5 Å². The average Bonchev–Trinajstić information content (AvgIpc) is 2.92. The van der Waals surface area contributed by atoms with Crippen LogP contribution in [0.2, 0.25) is 5.02 Å². The third kappa shape index (κ3) is 2.90. The molecule has 0 saturated heterocycles. The van der Waals surface area contributed by atoms with E-state index in [1.165, 1.54) is 12.1 Å². The fourth-order valence-corrected chi connectivity index (χ4v) is 2.64. The minimum Gasteiger partial charge on any atom is -0.381 e. The monoisotopic (exact) mass is 324 g/mol. The van der Waals surface area contributed by atoms with Crippen LogP contribution in [0.15, 0.2) is 48.7 Å². The van der Waals surface area contributed by atoms with E-state index in [2.05, 4.69) is 10.3 Å². The third-order valence-corrected chi connectivity index (χ3v) is 3.76. The molecule has 0 aliphatic rings. The molecule has 0 amide bonds. The first-order chi connectivity index (χ1) is 10.4. The Bertz CT molecular complexity index is 809. The molecule has 0 aliphatic carbocycles. The van der Waals surface area contributed by atoms with Crippen LogP contribution in [0.1, 0.15) is 11.1 Å². The van der Waals surface area contributed by atoms with Crippen molar-refractivity contribution in [2.75, 3.05) is 5.32 Å². The maximum absolute atomic E-state index is 12.7. The van der Waals surface area contributed by atoms with Gasteiger partial charge in [-0.25, -0.2) is 0 Å². The van der Waals surface area contributed by atoms with E-state index in [0.717, 1.165) is 22.5 Å². The SMILES string of the molecule is FC(F)(F)c1ccc(NCc2cccc3[nH]ccc23)cc1Cl. The highest BCUT2D eigenvalue weighted by atomic mass is 35.5. The molecular formula is C16H12ClF3N2. The quantitative estimate of drug-likeness (QED) is 0.658. The summed E-state index contributed by atoms with van der Waals surface area (Å²) in [5.74, 6) is 0. The lowest BCUT2D eigenvalue weighted by Gasteiger charge is -2.12. The Kier molecular flexibility index (Phi) is 3.74. The van der Waals surface area contributed by atoms with Gasteiger partial charge in [0.1, 0.15) is 0 Å². The van der Waals surface area contributed by atoms with Crippen molar-refractivity contribution >= 4 is 28.2 Å². The summed E-state index contributed by atoms with van der Waals surface area (Å²) in [5.41, 5.74) is 1.79. The highest BCUT2D eigenvalue weighted by Crippen LogP contribution is 2.36. The summed E-state index contributed by atoms with van der Waals surface area (Å²) in [6.45, 7) is 0.497. The lowest BCUT2D eigenvalue weighted by molar-refractivity contribution is -0.137. The van der Waals surface area contributed by atoms with Crippen molar-refractivity contribution in [3.05, 3.63) is 64.8 Å². The van der Waals surface area contributed by atoms with Crippen LogP contribution in [0, 0.1) is 0 Å². The zero-order valence-electron chi connectivity index (χ0n) is 11.3. The van der Waals surface area contributed by atoms with Crippen molar-refractivity contribution in [3.63, 3.8) is 0 Å². The molecule has 0 bridgehead atoms. The molecular weight excluding hydrogens is 313 g/mol. The lowest BCUT2D eigenvalue weighted by Crippen LogP contribution is -2.06. The maximum Gasteiger partial charge on any atom is 0.417 e. The fourth-order valence-electron chi connectivity index (χ4n) is 2.36. The molecule has 3 aromatic rings. The molecule has 2 N–H and O–H groups in total. The van der Waals surface area contributed by atoms with Crippen LogP contribution in [0.3, 0.4) is 0 Å². The highest BCUT2D eigenvalue weighted by Gasteiger charge is 2.32. The predicted molar refractivity (Wildman–Crippen MR) is 82.1 cm³/mol. The number of alkyl halides is 3. The Labute approximate surface area is 129 Å². The molecule has 114 valence electrons. The molecule has 0 aliphatic heterocycles. The number of aromatic nitrogens is 1. The summed E-state index contributed by atoms with van der Waals surface area (Å²) in [7, 11) is 0. The summed E-state index contributed by atoms with van der Waals surface area (Å²) in [4.78, 5) is 3.12. The molecule has 2 aromatic carbocycles. The van der Waals surface area contributed by atoms with Gasteiger partial charge in [-0.2, -0.15) is 13.2 Å². The standard InChI is InChI=1S/C16H12ClF3N2/c17-14-8-11(4-5-13(14)16(18,19)20)22-9-10-2-1-3-15-12(10)6-7-21-15/h1-8,21-22H,9H2. The third-order valence-electron chi connectivity index (χ3n) is 3.44. The number of anilines is 1. The first-order valence-electron chi connectivity index (χ1n) is 6.61. The molecule has 2 nitrogen and oxygen atoms in total. The van der Waals surface area contributed by atoms with Gasteiger partial charge in [0.15, 0.2) is 0 Å². The smallest absolute Gasteiger partial charge is 0.381 e. The van der Waals surface area contributed by atoms with Gasteiger partial charge in [-0.3, -0.25) is 0 Å². The zero-order chi connectivity index (χ0) is 15.7. The molecule has 3 rings (SSSR count). The van der Waals surface area contributed by atoms with Crippen LogP contribution < -0.4 is 5.32 Å². The van der Waals surface area contributed by atoms with E-state index in [0.29, 0.717) is 12.2 Å². The average molecular weight is 325 g/mol. The number of halogens is 4. The van der Waals surface area contributed by atoms with Crippen molar-refractivity contribution in [2.24, 2.45) is 0 Å². The van der Waals surface area contributed by atoms with Crippen LogP contribution in [0.25, 0.3) is 10.9 Å². The van der Waals surface area contributed by atoms with Crippen molar-refractivity contribution < 1.29 is 13.2 Å². The fraction of sp³-hybridized carbons (Fsp3) is 0.125. The van der Waals surface area contributed by atoms with Crippen molar-refractivity contribution in [1.82, 2.24) is 4.98 Å². The van der Waals surface area contributed by atoms with Crippen molar-refractivity contribution in [1.29, 1.82) is 0 Å². The number of hydrogen-bond donors (Lipinski definition) is 2. The first kappa shape index (κ1) is 14.8. The van der Waals surface area contributed by atoms with Gasteiger partial charge < -0.3 is 10.3 Å². The van der Waals surface area contributed by atoms with E-state index in [1.54, 1.807) is 0 Å². The van der Waals surface area contributed by atoms with Gasteiger partial charge in [-0.1, -0.05) is 23.7 Å². The number of benzene rings is 2. The van der Waals surface area contributed by atoms with Crippen LogP contribution in [0.5, 0.6) is 0 Å². The van der Waals surface area contributed by atoms with E-state index in [-0.39, 0.29) is 5.02 Å². The second kappa shape index (κ2) is 5.57. The molecule has 6 heteroatoms. The number of nitrogens with one attached hydrogen (secondary N) is 2. The number of fused-ring (bicyclic) bond motifs is 1. The minimum atomic E-state index is -4.44. The minimum absolute atomic E-state index is 0.308. The van der Waals surface area contributed by atoms with Gasteiger partial charge in [-0.15, -0.1) is 0 Å². The van der Waals surface area contributed by atoms with E-state index < -0.39 is 11.7 Å². The molecule has 0 unspecified atom stereocenters. The first-order valence-corrected chi connectivity index (χ1v) is 6.98. The van der Waals surface area contributed by atoms with E-state index in [9.17, 15) is 13.2 Å². The Balaban J connectivity index is 1.80. The van der Waals surface area contributed by atoms with E-state index >= 15 is 0 Å². The zero-order valence-corrected chi connectivity index (χ0v) is 12.1. The Hall–Kier alpha value is -2.14. The molecule has 0 fully saturated rings. The van der Waals surface area contributed by atoms with Crippen LogP contribution in [-0.4, -0.2) is 4.98 Å². The summed E-state index contributed by atoms with van der Waals surface area (Å²) in [6, 6.07) is 11.5. The van der Waals surface area contributed by atoms with E-state index in [4.69, 9.17) is 11.6 Å². The largest absolute Gasteiger partial charge is 0.417 e. The summed E-state index contributed by atoms with van der Waals surface area (Å²) >= 11 is 5.71. The van der Waals surface area contributed by atoms with Crippen LogP contribution in [0.4, 0.5) is 18.9 Å². The summed E-state index contributed by atoms with van der Waals surface area (Å²) in [6.07, 6.45) is -2.59. The molecule has 1 aromatic heterocycles. The summed E-state index contributed by atoms with van der Waals surface area (Å²) in [5, 5.41) is 3.87. The molecule has 1 heterocycles. The van der Waals surface area contributed by atoms with Crippen LogP contribution in [-0.2, 0) is 12.7 Å². The number of H-pyrrole nitrogens is 1.